The first-order valence-electron chi connectivity index (χ1n) is 6.61. The Kier molecular flexibility index (Phi) is 4.37. The third kappa shape index (κ3) is 2.54. The standard InChI is InChI=1S/C13H18N2O4S/c1-3-4-5-8(16)14-9-11(17)15-10(13(18)19)7(2)6-20-12(9)15/h9-10,12H,2-6H2,1H3,(H,14,16)(H,18,19)/t9?,10?,12-/m0/s1. The predicted molar refractivity (Wildman–Crippen MR) is 75.1 cm³/mol. The van der Waals surface area contributed by atoms with Gasteiger partial charge in [-0.15, -0.1) is 11.8 Å². The lowest BCUT2D eigenvalue weighted by atomic mass is 9.98. The highest BCUT2D eigenvalue weighted by Gasteiger charge is 2.56. The lowest BCUT2D eigenvalue weighted by Gasteiger charge is -2.52. The Bertz CT molecular complexity index is 465. The Morgan fingerprint density at radius 3 is 2.85 bits per heavy atom. The number of nitrogens with zero attached hydrogens (tertiary/aromatic N) is 1. The number of hydrogen-bond donors (Lipinski definition) is 2. The molecule has 0 aliphatic carbocycles. The number of nitrogens with one attached hydrogen (secondary N) is 1. The average molecular weight is 298 g/mol. The van der Waals surface area contributed by atoms with E-state index in [4.69, 9.17) is 0 Å². The zero-order chi connectivity index (χ0) is 14.9. The topological polar surface area (TPSA) is 86.7 Å². The quantitative estimate of drug-likeness (QED) is 0.573. The van der Waals surface area contributed by atoms with Crippen molar-refractivity contribution in [1.29, 1.82) is 0 Å². The lowest BCUT2D eigenvalue weighted by molar-refractivity contribution is -0.160. The van der Waals surface area contributed by atoms with E-state index in [-0.39, 0.29) is 17.2 Å². The van der Waals surface area contributed by atoms with Gasteiger partial charge in [0, 0.05) is 12.2 Å². The number of β-lactam (4-membered cyclic amide) rings is 1. The van der Waals surface area contributed by atoms with E-state index in [1.54, 1.807) is 0 Å². The zero-order valence-corrected chi connectivity index (χ0v) is 12.1. The fourth-order valence-corrected chi connectivity index (χ4v) is 3.72. The van der Waals surface area contributed by atoms with Crippen molar-refractivity contribution in [3.05, 3.63) is 12.2 Å². The molecule has 0 spiro atoms. The summed E-state index contributed by atoms with van der Waals surface area (Å²) in [6.07, 6.45) is 2.09. The minimum atomic E-state index is -1.07. The summed E-state index contributed by atoms with van der Waals surface area (Å²) in [6, 6.07) is -1.56. The van der Waals surface area contributed by atoms with Crippen molar-refractivity contribution in [2.24, 2.45) is 0 Å². The van der Waals surface area contributed by atoms with Crippen LogP contribution in [-0.2, 0) is 14.4 Å². The summed E-state index contributed by atoms with van der Waals surface area (Å²) >= 11 is 1.45. The Balaban J connectivity index is 2.00. The van der Waals surface area contributed by atoms with Crippen LogP contribution in [0.1, 0.15) is 26.2 Å². The van der Waals surface area contributed by atoms with Crippen LogP contribution in [-0.4, -0.2) is 51.0 Å². The minimum Gasteiger partial charge on any atom is -0.479 e. The SMILES string of the molecule is C=C1CS[C@H]2C(NC(=O)CCCC)C(=O)N2C1C(=O)O. The molecule has 0 aromatic heterocycles. The predicted octanol–water partition coefficient (Wildman–Crippen LogP) is 0.586. The van der Waals surface area contributed by atoms with Crippen LogP contribution in [0.15, 0.2) is 12.2 Å². The number of hydrogen-bond acceptors (Lipinski definition) is 4. The molecule has 3 atom stereocenters. The van der Waals surface area contributed by atoms with Gasteiger partial charge in [0.25, 0.3) is 0 Å². The first-order valence-corrected chi connectivity index (χ1v) is 7.65. The van der Waals surface area contributed by atoms with E-state index in [1.165, 1.54) is 16.7 Å². The molecule has 2 unspecified atom stereocenters. The maximum atomic E-state index is 12.1. The lowest BCUT2D eigenvalue weighted by Crippen LogP contribution is -2.74. The third-order valence-electron chi connectivity index (χ3n) is 3.49. The van der Waals surface area contributed by atoms with Gasteiger partial charge in [0.2, 0.25) is 11.8 Å². The van der Waals surface area contributed by atoms with Crippen molar-refractivity contribution in [2.75, 3.05) is 5.75 Å². The van der Waals surface area contributed by atoms with Crippen LogP contribution < -0.4 is 5.32 Å². The summed E-state index contributed by atoms with van der Waals surface area (Å²) < 4.78 is 0. The van der Waals surface area contributed by atoms with E-state index in [9.17, 15) is 19.5 Å². The van der Waals surface area contributed by atoms with Gasteiger partial charge in [-0.25, -0.2) is 4.79 Å². The van der Waals surface area contributed by atoms with Gasteiger partial charge in [0.1, 0.15) is 11.4 Å². The van der Waals surface area contributed by atoms with Crippen LogP contribution in [0.4, 0.5) is 0 Å². The Morgan fingerprint density at radius 1 is 1.55 bits per heavy atom. The molecule has 6 nitrogen and oxygen atoms in total. The molecule has 2 amide bonds. The average Bonchev–Trinajstić information content (AvgIpc) is 2.41. The van der Waals surface area contributed by atoms with Crippen LogP contribution in [0.25, 0.3) is 0 Å². The molecule has 2 aliphatic rings. The van der Waals surface area contributed by atoms with Crippen molar-refractivity contribution < 1.29 is 19.5 Å². The highest BCUT2D eigenvalue weighted by atomic mass is 32.2. The fourth-order valence-electron chi connectivity index (χ4n) is 2.41. The third-order valence-corrected chi connectivity index (χ3v) is 4.87. The molecule has 2 heterocycles. The van der Waals surface area contributed by atoms with E-state index < -0.39 is 18.1 Å². The zero-order valence-electron chi connectivity index (χ0n) is 11.3. The molecular weight excluding hydrogens is 280 g/mol. The molecule has 2 fully saturated rings. The number of rotatable bonds is 5. The first kappa shape index (κ1) is 14.9. The normalized spacial score (nSPS) is 28.6. The summed E-state index contributed by atoms with van der Waals surface area (Å²) in [6.45, 7) is 5.70. The molecule has 20 heavy (non-hydrogen) atoms. The maximum Gasteiger partial charge on any atom is 0.330 e. The van der Waals surface area contributed by atoms with E-state index >= 15 is 0 Å². The van der Waals surface area contributed by atoms with E-state index in [0.717, 1.165) is 12.8 Å². The van der Waals surface area contributed by atoms with Gasteiger partial charge < -0.3 is 15.3 Å². The molecule has 2 aliphatic heterocycles. The molecule has 0 aromatic rings. The highest BCUT2D eigenvalue weighted by molar-refractivity contribution is 8.00. The smallest absolute Gasteiger partial charge is 0.330 e. The molecule has 0 saturated carbocycles. The molecule has 0 bridgehead atoms. The summed E-state index contributed by atoms with van der Waals surface area (Å²) in [5.74, 6) is -1.06. The van der Waals surface area contributed by atoms with Gasteiger partial charge in [0.05, 0.1) is 0 Å². The molecule has 2 N–H and O–H groups in total. The number of fused-ring (bicyclic) bond motifs is 1. The molecule has 2 saturated heterocycles. The van der Waals surface area contributed by atoms with Gasteiger partial charge in [-0.3, -0.25) is 9.59 Å². The summed E-state index contributed by atoms with van der Waals surface area (Å²) in [5, 5.41) is 11.6. The van der Waals surface area contributed by atoms with Crippen LogP contribution >= 0.6 is 11.8 Å². The monoisotopic (exact) mass is 298 g/mol. The molecular formula is C13H18N2O4S. The van der Waals surface area contributed by atoms with E-state index in [0.29, 0.717) is 17.7 Å². The van der Waals surface area contributed by atoms with E-state index in [2.05, 4.69) is 11.9 Å². The van der Waals surface area contributed by atoms with E-state index in [1.807, 2.05) is 6.92 Å². The van der Waals surface area contributed by atoms with Crippen molar-refractivity contribution >= 4 is 29.5 Å². The van der Waals surface area contributed by atoms with Gasteiger partial charge >= 0.3 is 5.97 Å². The number of carbonyl (C=O) groups is 3. The molecule has 110 valence electrons. The van der Waals surface area contributed by atoms with Gasteiger partial charge in [-0.05, 0) is 12.0 Å². The summed E-state index contributed by atoms with van der Waals surface area (Å²) in [7, 11) is 0. The molecule has 7 heteroatoms. The number of carbonyl (C=O) groups excluding carboxylic acids is 2. The Morgan fingerprint density at radius 2 is 2.25 bits per heavy atom. The van der Waals surface area contributed by atoms with Gasteiger partial charge in [-0.2, -0.15) is 0 Å². The number of unbranched alkanes of at least 4 members (excludes halogenated alkanes) is 1. The van der Waals surface area contributed by atoms with Gasteiger partial charge in [-0.1, -0.05) is 19.9 Å². The maximum absolute atomic E-state index is 12.1. The molecule has 0 aromatic carbocycles. The van der Waals surface area contributed by atoms with Crippen LogP contribution in [0.5, 0.6) is 0 Å². The van der Waals surface area contributed by atoms with Crippen molar-refractivity contribution in [1.82, 2.24) is 10.2 Å². The van der Waals surface area contributed by atoms with Crippen LogP contribution in [0, 0.1) is 0 Å². The minimum absolute atomic E-state index is 0.151. The number of carboxylic acids is 1. The number of amides is 2. The second-order valence-electron chi connectivity index (χ2n) is 4.99. The summed E-state index contributed by atoms with van der Waals surface area (Å²) in [5.41, 5.74) is 0.517. The molecule has 2 rings (SSSR count). The second-order valence-corrected chi connectivity index (χ2v) is 6.10. The number of aliphatic carboxylic acids is 1. The second kappa shape index (κ2) is 5.87. The van der Waals surface area contributed by atoms with Crippen molar-refractivity contribution in [2.45, 2.75) is 43.6 Å². The first-order chi connectivity index (χ1) is 9.47. The molecule has 0 radical (unpaired) electrons. The van der Waals surface area contributed by atoms with Crippen LogP contribution in [0.2, 0.25) is 0 Å². The van der Waals surface area contributed by atoms with Gasteiger partial charge in [0.15, 0.2) is 6.04 Å². The van der Waals surface area contributed by atoms with Crippen molar-refractivity contribution in [3.63, 3.8) is 0 Å². The largest absolute Gasteiger partial charge is 0.479 e. The number of thioether (sulfide) groups is 1. The van der Waals surface area contributed by atoms with Crippen LogP contribution in [0.3, 0.4) is 0 Å². The summed E-state index contributed by atoms with van der Waals surface area (Å²) in [4.78, 5) is 36.3. The fraction of sp³-hybridized carbons (Fsp3) is 0.615. The van der Waals surface area contributed by atoms with Crippen molar-refractivity contribution in [3.8, 4) is 0 Å². The highest BCUT2D eigenvalue weighted by Crippen LogP contribution is 2.39. The Hall–Kier alpha value is -1.50. The number of carboxylic acid groups (broad SMARTS) is 1. The Labute approximate surface area is 121 Å².